The van der Waals surface area contributed by atoms with Crippen LogP contribution in [0.15, 0.2) is 53.7 Å². The second-order valence-electron chi connectivity index (χ2n) is 9.82. The highest BCUT2D eigenvalue weighted by Gasteiger charge is 2.39. The van der Waals surface area contributed by atoms with E-state index < -0.39 is 24.5 Å². The summed E-state index contributed by atoms with van der Waals surface area (Å²) in [4.78, 5) is 34.2. The van der Waals surface area contributed by atoms with E-state index in [0.717, 1.165) is 34.9 Å². The van der Waals surface area contributed by atoms with Crippen molar-refractivity contribution >= 4 is 23.3 Å². The fourth-order valence-corrected chi connectivity index (χ4v) is 4.88. The fourth-order valence-electron chi connectivity index (χ4n) is 4.76. The van der Waals surface area contributed by atoms with Gasteiger partial charge in [-0.3, -0.25) is 9.36 Å². The average Bonchev–Trinajstić information content (AvgIpc) is 3.67. The van der Waals surface area contributed by atoms with Crippen LogP contribution >= 0.6 is 11.6 Å². The molecule has 3 aromatic heterocycles. The number of carbonyl (C=O) groups is 1. The second kappa shape index (κ2) is 11.8. The van der Waals surface area contributed by atoms with Crippen molar-refractivity contribution in [1.29, 1.82) is 0 Å². The maximum absolute atomic E-state index is 13.1. The van der Waals surface area contributed by atoms with Gasteiger partial charge in [-0.15, -0.1) is 10.2 Å². The summed E-state index contributed by atoms with van der Waals surface area (Å²) >= 11 is 5.93. The van der Waals surface area contributed by atoms with Crippen molar-refractivity contribution in [2.45, 2.75) is 57.5 Å². The van der Waals surface area contributed by atoms with Crippen LogP contribution in [0.1, 0.15) is 37.9 Å². The predicted octanol–water partition coefficient (Wildman–Crippen LogP) is 3.83. The van der Waals surface area contributed by atoms with Crippen LogP contribution in [0.25, 0.3) is 17.1 Å². The number of aromatic nitrogens is 7. The van der Waals surface area contributed by atoms with E-state index in [1.165, 1.54) is 41.5 Å². The van der Waals surface area contributed by atoms with Crippen LogP contribution in [0.2, 0.25) is 5.02 Å². The van der Waals surface area contributed by atoms with Crippen molar-refractivity contribution in [3.63, 3.8) is 0 Å². The minimum Gasteiger partial charge on any atom is -0.382 e. The number of carbonyl (C=O) groups excluding carboxylic acids is 1. The first-order valence-electron chi connectivity index (χ1n) is 12.9. The van der Waals surface area contributed by atoms with Crippen molar-refractivity contribution < 1.29 is 23.1 Å². The number of anilines is 1. The zero-order valence-corrected chi connectivity index (χ0v) is 22.4. The minimum atomic E-state index is -4.94. The Labute approximate surface area is 236 Å². The summed E-state index contributed by atoms with van der Waals surface area (Å²) in [7, 11) is 0. The van der Waals surface area contributed by atoms with Gasteiger partial charge in [-0.2, -0.15) is 13.2 Å². The lowest BCUT2D eigenvalue weighted by molar-refractivity contribution is -0.207. The van der Waals surface area contributed by atoms with Crippen molar-refractivity contribution in [3.8, 4) is 17.1 Å². The molecule has 15 heteroatoms. The molecule has 1 fully saturated rings. The molecule has 0 unspecified atom stereocenters. The summed E-state index contributed by atoms with van der Waals surface area (Å²) in [5.74, 6) is 0.537. The molecular weight excluding hydrogens is 565 g/mol. The van der Waals surface area contributed by atoms with Gasteiger partial charge in [0.15, 0.2) is 23.6 Å². The molecule has 1 atom stereocenters. The van der Waals surface area contributed by atoms with Gasteiger partial charge in [0.1, 0.15) is 18.6 Å². The zero-order chi connectivity index (χ0) is 29.1. The van der Waals surface area contributed by atoms with Gasteiger partial charge in [-0.25, -0.2) is 24.1 Å². The first-order chi connectivity index (χ1) is 19.6. The highest BCUT2D eigenvalue weighted by molar-refractivity contribution is 6.30. The number of rotatable bonds is 9. The summed E-state index contributed by atoms with van der Waals surface area (Å²) in [6.07, 6.45) is -0.108. The van der Waals surface area contributed by atoms with E-state index in [2.05, 4.69) is 25.5 Å². The monoisotopic (exact) mass is 590 g/mol. The molecule has 1 aliphatic rings. The Bertz CT molecular complexity index is 1580. The van der Waals surface area contributed by atoms with Crippen LogP contribution < -0.4 is 11.0 Å². The van der Waals surface area contributed by atoms with Crippen LogP contribution in [0.3, 0.4) is 0 Å². The van der Waals surface area contributed by atoms with Crippen LogP contribution in [0, 0.1) is 5.92 Å². The average molecular weight is 591 g/mol. The maximum atomic E-state index is 13.1. The third-order valence-corrected chi connectivity index (χ3v) is 7.08. The second-order valence-corrected chi connectivity index (χ2v) is 10.3. The van der Waals surface area contributed by atoms with Gasteiger partial charge >= 0.3 is 11.9 Å². The van der Waals surface area contributed by atoms with Crippen LogP contribution in [0.5, 0.6) is 0 Å². The lowest BCUT2D eigenvalue weighted by Crippen LogP contribution is -2.37. The molecule has 11 nitrogen and oxygen atoms in total. The molecule has 1 saturated carbocycles. The molecule has 0 aliphatic heterocycles. The van der Waals surface area contributed by atoms with Crippen LogP contribution in [-0.4, -0.2) is 57.4 Å². The molecule has 1 amide bonds. The summed E-state index contributed by atoms with van der Waals surface area (Å²) in [5.41, 5.74) is -0.124. The number of alkyl halides is 3. The minimum absolute atomic E-state index is 0.0890. The van der Waals surface area contributed by atoms with E-state index in [0.29, 0.717) is 34.4 Å². The van der Waals surface area contributed by atoms with E-state index in [9.17, 15) is 27.9 Å². The third kappa shape index (κ3) is 6.65. The summed E-state index contributed by atoms with van der Waals surface area (Å²) < 4.78 is 42.4. The number of benzene rings is 1. The van der Waals surface area contributed by atoms with Crippen LogP contribution in [0.4, 0.5) is 19.0 Å². The molecule has 0 bridgehead atoms. The van der Waals surface area contributed by atoms with Gasteiger partial charge in [0.25, 0.3) is 0 Å². The van der Waals surface area contributed by atoms with E-state index in [1.807, 2.05) is 0 Å². The highest BCUT2D eigenvalue weighted by atomic mass is 35.5. The zero-order valence-electron chi connectivity index (χ0n) is 21.6. The number of aliphatic hydroxyl groups excluding tert-OH is 1. The van der Waals surface area contributed by atoms with Crippen molar-refractivity contribution in [1.82, 2.24) is 34.1 Å². The Morgan fingerprint density at radius 3 is 2.56 bits per heavy atom. The number of pyridine rings is 1. The topological polar surface area (TPSA) is 133 Å². The van der Waals surface area contributed by atoms with Gasteiger partial charge in [-0.1, -0.05) is 24.4 Å². The molecule has 41 heavy (non-hydrogen) atoms. The van der Waals surface area contributed by atoms with Crippen LogP contribution in [-0.2, 0) is 17.9 Å². The molecule has 1 aromatic carbocycles. The predicted molar refractivity (Wildman–Crippen MR) is 142 cm³/mol. The van der Waals surface area contributed by atoms with Gasteiger partial charge in [0, 0.05) is 23.2 Å². The smallest absolute Gasteiger partial charge is 0.382 e. The molecule has 0 spiro atoms. The first-order valence-corrected chi connectivity index (χ1v) is 13.3. The first kappa shape index (κ1) is 28.5. The number of amides is 1. The molecule has 3 heterocycles. The Balaban J connectivity index is 1.40. The number of halogens is 4. The standard InChI is InChI=1S/C26H26ClF3N8O3/c27-18-9-7-17(8-10-18)24-35-37(25(41)36(24)13-20(39)26(28,29)30)14-21-32-15-38(34-21)19-6-3-11-31-23(19)33-22(40)12-16-4-1-2-5-16/h3,6-11,15-16,20,39H,1-2,4-5,12-14H2,(H,31,33,40)/t20-/m0/s1. The normalized spacial score (nSPS) is 14.9. The number of nitrogens with zero attached hydrogens (tertiary/aromatic N) is 7. The summed E-state index contributed by atoms with van der Waals surface area (Å²) in [5, 5.41) is 21.5. The third-order valence-electron chi connectivity index (χ3n) is 6.83. The quantitative estimate of drug-likeness (QED) is 0.303. The molecule has 2 N–H and O–H groups in total. The highest BCUT2D eigenvalue weighted by Crippen LogP contribution is 2.28. The molecule has 5 rings (SSSR count). The van der Waals surface area contributed by atoms with Crippen molar-refractivity contribution in [2.24, 2.45) is 5.92 Å². The SMILES string of the molecule is O=C(CC1CCCC1)Nc1ncccc1-n1cnc(Cn2nc(-c3ccc(Cl)cc3)n(C[C@H](O)C(F)(F)F)c2=O)n1. The summed E-state index contributed by atoms with van der Waals surface area (Å²) in [6.45, 7) is -1.33. The fraction of sp³-hybridized carbons (Fsp3) is 0.385. The van der Waals surface area contributed by atoms with E-state index in [-0.39, 0.29) is 24.1 Å². The largest absolute Gasteiger partial charge is 0.416 e. The Morgan fingerprint density at radius 2 is 1.85 bits per heavy atom. The maximum Gasteiger partial charge on any atom is 0.416 e. The summed E-state index contributed by atoms with van der Waals surface area (Å²) in [6, 6.07) is 9.37. The molecule has 216 valence electrons. The van der Waals surface area contributed by atoms with E-state index in [4.69, 9.17) is 11.6 Å². The van der Waals surface area contributed by atoms with Gasteiger partial charge in [-0.05, 0) is 55.2 Å². The molecular formula is C26H26ClF3N8O3. The Kier molecular flexibility index (Phi) is 8.22. The number of nitrogens with one attached hydrogen (secondary N) is 1. The van der Waals surface area contributed by atoms with Crippen molar-refractivity contribution in [2.75, 3.05) is 5.32 Å². The lowest BCUT2D eigenvalue weighted by Gasteiger charge is -2.15. The van der Waals surface area contributed by atoms with E-state index in [1.54, 1.807) is 12.1 Å². The molecule has 0 radical (unpaired) electrons. The Hall–Kier alpha value is -4.04. The van der Waals surface area contributed by atoms with E-state index >= 15 is 0 Å². The number of hydrogen-bond donors (Lipinski definition) is 2. The lowest BCUT2D eigenvalue weighted by atomic mass is 10.0. The van der Waals surface area contributed by atoms with Gasteiger partial charge in [0.2, 0.25) is 5.91 Å². The number of hydrogen-bond acceptors (Lipinski definition) is 7. The molecule has 0 saturated heterocycles. The van der Waals surface area contributed by atoms with Crippen molar-refractivity contribution in [3.05, 3.63) is 70.3 Å². The molecule has 1 aliphatic carbocycles. The van der Waals surface area contributed by atoms with Gasteiger partial charge < -0.3 is 10.4 Å². The number of aliphatic hydroxyl groups is 1. The Morgan fingerprint density at radius 1 is 1.12 bits per heavy atom. The van der Waals surface area contributed by atoms with Gasteiger partial charge in [0.05, 0.1) is 6.54 Å². The molecule has 4 aromatic rings.